The molecule has 29 heavy (non-hydrogen) atoms. The molecule has 0 aliphatic carbocycles. The molecule has 0 spiro atoms. The zero-order valence-corrected chi connectivity index (χ0v) is 16.7. The van der Waals surface area contributed by atoms with Crippen molar-refractivity contribution in [3.8, 4) is 0 Å². The van der Waals surface area contributed by atoms with E-state index in [1.54, 1.807) is 0 Å². The van der Waals surface area contributed by atoms with Gasteiger partial charge in [0.2, 0.25) is 5.55 Å². The van der Waals surface area contributed by atoms with Crippen LogP contribution in [0.3, 0.4) is 0 Å². The predicted octanol–water partition coefficient (Wildman–Crippen LogP) is 5.84. The molecule has 144 valence electrons. The van der Waals surface area contributed by atoms with E-state index in [4.69, 9.17) is 4.42 Å². The summed E-state index contributed by atoms with van der Waals surface area (Å²) in [4.78, 5) is 17.8. The molecule has 1 amide bonds. The minimum atomic E-state index is -0.253. The molecule has 1 heterocycles. The second-order valence-electron chi connectivity index (χ2n) is 7.23. The van der Waals surface area contributed by atoms with E-state index in [-0.39, 0.29) is 5.91 Å². The van der Waals surface area contributed by atoms with E-state index >= 15 is 0 Å². The molecule has 4 heteroatoms. The number of hydrogen-bond acceptors (Lipinski definition) is 3. The summed E-state index contributed by atoms with van der Waals surface area (Å²) in [5.41, 5.74) is 6.10. The smallest absolute Gasteiger partial charge is 0.261 e. The van der Waals surface area contributed by atoms with E-state index in [0.717, 1.165) is 33.5 Å². The highest BCUT2D eigenvalue weighted by Gasteiger charge is 2.14. The van der Waals surface area contributed by atoms with Gasteiger partial charge in [0.15, 0.2) is 0 Å². The second kappa shape index (κ2) is 7.76. The number of nitrogens with zero attached hydrogens (tertiary/aromatic N) is 1. The van der Waals surface area contributed by atoms with Gasteiger partial charge in [0, 0.05) is 11.1 Å². The Kier molecular flexibility index (Phi) is 5.00. The fourth-order valence-electron chi connectivity index (χ4n) is 3.35. The molecule has 0 aliphatic heterocycles. The molecule has 0 saturated heterocycles. The standard InChI is InChI=1S/C25H22N2O2/c1-16-12-17(2)14-20(13-16)26-25-21(15-19-9-5-7-11-23(19)29-25)24(28)27-22-10-6-4-8-18(22)3/h4-15H,1-3H3,(H,27,28). The Morgan fingerprint density at radius 3 is 2.31 bits per heavy atom. The van der Waals surface area contributed by atoms with Gasteiger partial charge in [0.25, 0.3) is 5.91 Å². The van der Waals surface area contributed by atoms with Crippen molar-refractivity contribution in [2.75, 3.05) is 5.32 Å². The summed E-state index contributed by atoms with van der Waals surface area (Å²) in [7, 11) is 0. The van der Waals surface area contributed by atoms with Crippen molar-refractivity contribution in [1.29, 1.82) is 0 Å². The third-order valence-corrected chi connectivity index (χ3v) is 4.73. The van der Waals surface area contributed by atoms with Crippen LogP contribution >= 0.6 is 0 Å². The van der Waals surface area contributed by atoms with Gasteiger partial charge in [-0.1, -0.05) is 42.5 Å². The minimum absolute atomic E-state index is 0.253. The normalized spacial score (nSPS) is 11.6. The maximum Gasteiger partial charge on any atom is 0.261 e. The molecule has 4 aromatic rings. The number of para-hydroxylation sites is 2. The second-order valence-corrected chi connectivity index (χ2v) is 7.23. The van der Waals surface area contributed by atoms with E-state index < -0.39 is 0 Å². The number of aryl methyl sites for hydroxylation is 3. The third-order valence-electron chi connectivity index (χ3n) is 4.73. The molecule has 0 bridgehead atoms. The van der Waals surface area contributed by atoms with E-state index in [2.05, 4.69) is 16.4 Å². The van der Waals surface area contributed by atoms with Crippen LogP contribution in [-0.4, -0.2) is 5.91 Å². The van der Waals surface area contributed by atoms with Crippen LogP contribution < -0.4 is 10.9 Å². The first-order valence-corrected chi connectivity index (χ1v) is 9.52. The Balaban J connectivity index is 1.87. The van der Waals surface area contributed by atoms with Gasteiger partial charge in [-0.2, -0.15) is 0 Å². The van der Waals surface area contributed by atoms with Crippen LogP contribution in [0.1, 0.15) is 27.0 Å². The molecule has 4 nitrogen and oxygen atoms in total. The maximum atomic E-state index is 13.1. The average Bonchev–Trinajstić information content (AvgIpc) is 2.68. The van der Waals surface area contributed by atoms with Crippen molar-refractivity contribution in [3.05, 3.63) is 101 Å². The van der Waals surface area contributed by atoms with Crippen LogP contribution in [0.5, 0.6) is 0 Å². The summed E-state index contributed by atoms with van der Waals surface area (Å²) in [6, 6.07) is 23.2. The average molecular weight is 382 g/mol. The minimum Gasteiger partial charge on any atom is -0.438 e. The summed E-state index contributed by atoms with van der Waals surface area (Å²) in [6.45, 7) is 6.01. The highest BCUT2D eigenvalue weighted by Crippen LogP contribution is 2.19. The number of hydrogen-bond donors (Lipinski definition) is 1. The topological polar surface area (TPSA) is 54.6 Å². The first kappa shape index (κ1) is 18.7. The molecule has 3 aromatic carbocycles. The number of rotatable bonds is 3. The van der Waals surface area contributed by atoms with Crippen LogP contribution in [-0.2, 0) is 0 Å². The van der Waals surface area contributed by atoms with E-state index in [9.17, 15) is 4.79 Å². The van der Waals surface area contributed by atoms with Gasteiger partial charge in [0.05, 0.1) is 5.69 Å². The van der Waals surface area contributed by atoms with E-state index in [0.29, 0.717) is 16.7 Å². The summed E-state index contributed by atoms with van der Waals surface area (Å²) >= 11 is 0. The van der Waals surface area contributed by atoms with Gasteiger partial charge in [-0.05, 0) is 67.8 Å². The fourth-order valence-corrected chi connectivity index (χ4v) is 3.35. The van der Waals surface area contributed by atoms with Crippen LogP contribution in [0.4, 0.5) is 11.4 Å². The molecule has 0 saturated carbocycles. The Bertz CT molecular complexity index is 1270. The number of fused-ring (bicyclic) bond motifs is 1. The lowest BCUT2D eigenvalue weighted by Gasteiger charge is -2.09. The first-order valence-electron chi connectivity index (χ1n) is 9.52. The third kappa shape index (κ3) is 4.11. The molecule has 0 atom stereocenters. The van der Waals surface area contributed by atoms with Gasteiger partial charge in [-0.15, -0.1) is 0 Å². The monoisotopic (exact) mass is 382 g/mol. The Labute approximate surface area is 169 Å². The number of amides is 1. The summed E-state index contributed by atoms with van der Waals surface area (Å²) < 4.78 is 6.04. The first-order chi connectivity index (χ1) is 14.0. The van der Waals surface area contributed by atoms with Crippen LogP contribution in [0, 0.1) is 20.8 Å². The fraction of sp³-hybridized carbons (Fsp3) is 0.120. The largest absolute Gasteiger partial charge is 0.438 e. The lowest BCUT2D eigenvalue weighted by Crippen LogP contribution is -2.22. The molecule has 1 N–H and O–H groups in total. The molecule has 0 radical (unpaired) electrons. The predicted molar refractivity (Wildman–Crippen MR) is 116 cm³/mol. The van der Waals surface area contributed by atoms with Crippen molar-refractivity contribution < 1.29 is 9.21 Å². The van der Waals surface area contributed by atoms with Crippen molar-refractivity contribution in [2.45, 2.75) is 20.8 Å². The number of carbonyl (C=O) groups is 1. The molecule has 1 aromatic heterocycles. The van der Waals surface area contributed by atoms with Gasteiger partial charge in [-0.25, -0.2) is 4.99 Å². The molecule has 4 rings (SSSR count). The maximum absolute atomic E-state index is 13.1. The number of nitrogens with one attached hydrogen (secondary N) is 1. The Morgan fingerprint density at radius 1 is 0.862 bits per heavy atom. The highest BCUT2D eigenvalue weighted by molar-refractivity contribution is 6.05. The number of carbonyl (C=O) groups excluding carboxylic acids is 1. The molecule has 0 unspecified atom stereocenters. The zero-order chi connectivity index (χ0) is 20.4. The molecular weight excluding hydrogens is 360 g/mol. The summed E-state index contributed by atoms with van der Waals surface area (Å²) in [5, 5.41) is 3.83. The lowest BCUT2D eigenvalue weighted by atomic mass is 10.1. The van der Waals surface area contributed by atoms with Crippen LogP contribution in [0.15, 0.2) is 82.2 Å². The van der Waals surface area contributed by atoms with Gasteiger partial charge in [-0.3, -0.25) is 4.79 Å². The Hall–Kier alpha value is -3.66. The summed E-state index contributed by atoms with van der Waals surface area (Å²) in [6.07, 6.45) is 0. The van der Waals surface area contributed by atoms with Gasteiger partial charge in [0.1, 0.15) is 11.1 Å². The van der Waals surface area contributed by atoms with Crippen molar-refractivity contribution in [3.63, 3.8) is 0 Å². The molecule has 0 aliphatic rings. The Morgan fingerprint density at radius 2 is 1.55 bits per heavy atom. The van der Waals surface area contributed by atoms with Crippen molar-refractivity contribution in [1.82, 2.24) is 0 Å². The SMILES string of the molecule is Cc1cc(C)cc(N=c2oc3ccccc3cc2C(=O)Nc2ccccc2C)c1. The molecular formula is C25H22N2O2. The van der Waals surface area contributed by atoms with Crippen LogP contribution in [0.2, 0.25) is 0 Å². The summed E-state index contributed by atoms with van der Waals surface area (Å²) in [5.74, 6) is -0.253. The zero-order valence-electron chi connectivity index (χ0n) is 16.7. The quantitative estimate of drug-likeness (QED) is 0.484. The van der Waals surface area contributed by atoms with E-state index in [1.807, 2.05) is 87.5 Å². The van der Waals surface area contributed by atoms with Crippen LogP contribution in [0.25, 0.3) is 11.0 Å². The lowest BCUT2D eigenvalue weighted by molar-refractivity contribution is 0.102. The highest BCUT2D eigenvalue weighted by atomic mass is 16.3. The number of anilines is 1. The van der Waals surface area contributed by atoms with E-state index in [1.165, 1.54) is 0 Å². The van der Waals surface area contributed by atoms with Gasteiger partial charge < -0.3 is 9.73 Å². The van der Waals surface area contributed by atoms with Crippen molar-refractivity contribution in [2.24, 2.45) is 4.99 Å². The van der Waals surface area contributed by atoms with Gasteiger partial charge >= 0.3 is 0 Å². The number of benzene rings is 3. The molecule has 0 fully saturated rings. The van der Waals surface area contributed by atoms with Crippen molar-refractivity contribution >= 4 is 28.3 Å².